The van der Waals surface area contributed by atoms with E-state index in [1.807, 2.05) is 6.92 Å². The predicted octanol–water partition coefficient (Wildman–Crippen LogP) is 1.77. The minimum atomic E-state index is -1.05. The summed E-state index contributed by atoms with van der Waals surface area (Å²) < 4.78 is 10.5. The number of carboxylic acids is 1. The SMILES string of the molecule is COCCC(C)Oc1c(N)cccc1C(=O)O. The zero-order valence-electron chi connectivity index (χ0n) is 9.97. The number of hydrogen-bond donors (Lipinski definition) is 2. The van der Waals surface area contributed by atoms with Gasteiger partial charge in [-0.3, -0.25) is 0 Å². The van der Waals surface area contributed by atoms with Crippen LogP contribution in [0.3, 0.4) is 0 Å². The van der Waals surface area contributed by atoms with Crippen LogP contribution in [0.1, 0.15) is 23.7 Å². The lowest BCUT2D eigenvalue weighted by Gasteiger charge is -2.17. The highest BCUT2D eigenvalue weighted by Gasteiger charge is 2.16. The third-order valence-electron chi connectivity index (χ3n) is 2.32. The highest BCUT2D eigenvalue weighted by atomic mass is 16.5. The first-order chi connectivity index (χ1) is 8.06. The monoisotopic (exact) mass is 239 g/mol. The van der Waals surface area contributed by atoms with Crippen LogP contribution in [0.25, 0.3) is 0 Å². The predicted molar refractivity (Wildman–Crippen MR) is 64.4 cm³/mol. The molecule has 0 aliphatic rings. The lowest BCUT2D eigenvalue weighted by atomic mass is 10.1. The standard InChI is InChI=1S/C12H17NO4/c1-8(6-7-16-2)17-11-9(12(14)15)4-3-5-10(11)13/h3-5,8H,6-7,13H2,1-2H3,(H,14,15). The van der Waals surface area contributed by atoms with Gasteiger partial charge in [-0.25, -0.2) is 4.79 Å². The first-order valence-corrected chi connectivity index (χ1v) is 5.33. The van der Waals surface area contributed by atoms with Crippen LogP contribution in [0.4, 0.5) is 5.69 Å². The average molecular weight is 239 g/mol. The molecule has 0 spiro atoms. The summed E-state index contributed by atoms with van der Waals surface area (Å²) in [5.41, 5.74) is 6.12. The Hall–Kier alpha value is -1.75. The zero-order valence-corrected chi connectivity index (χ0v) is 9.97. The molecule has 0 aliphatic carbocycles. The van der Waals surface area contributed by atoms with Crippen molar-refractivity contribution in [3.8, 4) is 5.75 Å². The van der Waals surface area contributed by atoms with Crippen molar-refractivity contribution in [2.45, 2.75) is 19.4 Å². The van der Waals surface area contributed by atoms with Crippen LogP contribution < -0.4 is 10.5 Å². The fourth-order valence-corrected chi connectivity index (χ4v) is 1.40. The first kappa shape index (κ1) is 13.3. The average Bonchev–Trinajstić information content (AvgIpc) is 2.28. The second-order valence-electron chi connectivity index (χ2n) is 3.74. The van der Waals surface area contributed by atoms with Gasteiger partial charge in [0.2, 0.25) is 0 Å². The Morgan fingerprint density at radius 2 is 2.24 bits per heavy atom. The molecule has 0 fully saturated rings. The molecule has 0 saturated heterocycles. The smallest absolute Gasteiger partial charge is 0.339 e. The highest BCUT2D eigenvalue weighted by molar-refractivity contribution is 5.93. The lowest BCUT2D eigenvalue weighted by Crippen LogP contribution is -2.17. The van der Waals surface area contributed by atoms with Crippen molar-refractivity contribution in [3.05, 3.63) is 23.8 Å². The number of carbonyl (C=O) groups is 1. The number of nitrogen functional groups attached to an aromatic ring is 1. The van der Waals surface area contributed by atoms with Gasteiger partial charge in [-0.1, -0.05) is 6.07 Å². The molecule has 5 heteroatoms. The van der Waals surface area contributed by atoms with Crippen molar-refractivity contribution in [2.24, 2.45) is 0 Å². The second kappa shape index (κ2) is 6.10. The van der Waals surface area contributed by atoms with E-state index in [2.05, 4.69) is 0 Å². The third kappa shape index (κ3) is 3.64. The molecular formula is C12H17NO4. The van der Waals surface area contributed by atoms with Gasteiger partial charge in [0.25, 0.3) is 0 Å². The van der Waals surface area contributed by atoms with Gasteiger partial charge in [-0.05, 0) is 19.1 Å². The number of para-hydroxylation sites is 1. The van der Waals surface area contributed by atoms with E-state index < -0.39 is 5.97 Å². The number of hydrogen-bond acceptors (Lipinski definition) is 4. The van der Waals surface area contributed by atoms with Crippen LogP contribution in [0, 0.1) is 0 Å². The molecule has 1 aromatic rings. The van der Waals surface area contributed by atoms with Crippen molar-refractivity contribution in [3.63, 3.8) is 0 Å². The lowest BCUT2D eigenvalue weighted by molar-refractivity contribution is 0.0688. The molecule has 0 radical (unpaired) electrons. The van der Waals surface area contributed by atoms with Crippen molar-refractivity contribution in [1.82, 2.24) is 0 Å². The van der Waals surface area contributed by atoms with E-state index in [0.29, 0.717) is 18.7 Å². The van der Waals surface area contributed by atoms with Gasteiger partial charge < -0.3 is 20.3 Å². The Labute approximate surface area is 100 Å². The maximum atomic E-state index is 11.0. The van der Waals surface area contributed by atoms with Gasteiger partial charge in [0.1, 0.15) is 5.56 Å². The summed E-state index contributed by atoms with van der Waals surface area (Å²) in [6.07, 6.45) is 0.516. The molecule has 0 aliphatic heterocycles. The summed E-state index contributed by atoms with van der Waals surface area (Å²) in [5, 5.41) is 9.02. The molecule has 94 valence electrons. The maximum Gasteiger partial charge on any atom is 0.339 e. The summed E-state index contributed by atoms with van der Waals surface area (Å²) in [6, 6.07) is 4.67. The first-order valence-electron chi connectivity index (χ1n) is 5.33. The topological polar surface area (TPSA) is 81.8 Å². The van der Waals surface area contributed by atoms with Gasteiger partial charge in [-0.2, -0.15) is 0 Å². The van der Waals surface area contributed by atoms with Gasteiger partial charge in [-0.15, -0.1) is 0 Å². The summed E-state index contributed by atoms with van der Waals surface area (Å²) in [5.74, 6) is -0.824. The van der Waals surface area contributed by atoms with Gasteiger partial charge in [0, 0.05) is 20.1 Å². The molecule has 0 saturated carbocycles. The molecule has 5 nitrogen and oxygen atoms in total. The Morgan fingerprint density at radius 1 is 1.53 bits per heavy atom. The molecule has 0 bridgehead atoms. The summed E-state index contributed by atoms with van der Waals surface area (Å²) in [6.45, 7) is 2.40. The van der Waals surface area contributed by atoms with E-state index >= 15 is 0 Å². The second-order valence-corrected chi connectivity index (χ2v) is 3.74. The maximum absolute atomic E-state index is 11.0. The molecular weight excluding hydrogens is 222 g/mol. The van der Waals surface area contributed by atoms with Gasteiger partial charge in [0.05, 0.1) is 11.8 Å². The summed E-state index contributed by atoms with van der Waals surface area (Å²) in [4.78, 5) is 11.0. The quantitative estimate of drug-likeness (QED) is 0.739. The molecule has 3 N–H and O–H groups in total. The van der Waals surface area contributed by atoms with Crippen LogP contribution in [-0.4, -0.2) is 30.9 Å². The normalized spacial score (nSPS) is 12.1. The summed E-state index contributed by atoms with van der Waals surface area (Å²) in [7, 11) is 1.60. The Kier molecular flexibility index (Phi) is 4.78. The Bertz CT molecular complexity index is 392. The van der Waals surface area contributed by atoms with Crippen LogP contribution in [0.5, 0.6) is 5.75 Å². The Balaban J connectivity index is 2.85. The molecule has 1 rings (SSSR count). The minimum Gasteiger partial charge on any atom is -0.488 e. The zero-order chi connectivity index (χ0) is 12.8. The number of ether oxygens (including phenoxy) is 2. The van der Waals surface area contributed by atoms with E-state index in [-0.39, 0.29) is 17.4 Å². The van der Waals surface area contributed by atoms with Crippen molar-refractivity contribution in [1.29, 1.82) is 0 Å². The van der Waals surface area contributed by atoms with Gasteiger partial charge in [0.15, 0.2) is 5.75 Å². The van der Waals surface area contributed by atoms with Crippen LogP contribution >= 0.6 is 0 Å². The Morgan fingerprint density at radius 3 is 2.82 bits per heavy atom. The molecule has 1 unspecified atom stereocenters. The van der Waals surface area contributed by atoms with Crippen LogP contribution in [-0.2, 0) is 4.74 Å². The fourth-order valence-electron chi connectivity index (χ4n) is 1.40. The fraction of sp³-hybridized carbons (Fsp3) is 0.417. The number of methoxy groups -OCH3 is 1. The third-order valence-corrected chi connectivity index (χ3v) is 2.32. The molecule has 1 atom stereocenters. The molecule has 17 heavy (non-hydrogen) atoms. The number of aromatic carboxylic acids is 1. The molecule has 0 aromatic heterocycles. The van der Waals surface area contributed by atoms with E-state index in [4.69, 9.17) is 20.3 Å². The van der Waals surface area contributed by atoms with E-state index in [9.17, 15) is 4.79 Å². The van der Waals surface area contributed by atoms with Crippen molar-refractivity contribution < 1.29 is 19.4 Å². The van der Waals surface area contributed by atoms with Crippen LogP contribution in [0.15, 0.2) is 18.2 Å². The number of benzene rings is 1. The van der Waals surface area contributed by atoms with Crippen LogP contribution in [0.2, 0.25) is 0 Å². The number of carboxylic acid groups (broad SMARTS) is 1. The molecule has 0 heterocycles. The van der Waals surface area contributed by atoms with Gasteiger partial charge >= 0.3 is 5.97 Å². The minimum absolute atomic E-state index is 0.0780. The van der Waals surface area contributed by atoms with Crippen molar-refractivity contribution in [2.75, 3.05) is 19.5 Å². The number of rotatable bonds is 6. The molecule has 1 aromatic carbocycles. The van der Waals surface area contributed by atoms with E-state index in [1.54, 1.807) is 19.2 Å². The van der Waals surface area contributed by atoms with Crippen molar-refractivity contribution >= 4 is 11.7 Å². The van der Waals surface area contributed by atoms with E-state index in [1.165, 1.54) is 6.07 Å². The molecule has 0 amide bonds. The largest absolute Gasteiger partial charge is 0.488 e. The highest BCUT2D eigenvalue weighted by Crippen LogP contribution is 2.27. The summed E-state index contributed by atoms with van der Waals surface area (Å²) >= 11 is 0. The number of anilines is 1. The number of nitrogens with two attached hydrogens (primary N) is 1. The van der Waals surface area contributed by atoms with E-state index in [0.717, 1.165) is 0 Å².